The third kappa shape index (κ3) is 3.76. The Kier molecular flexibility index (Phi) is 5.06. The van der Waals surface area contributed by atoms with E-state index in [9.17, 15) is 0 Å². The lowest BCUT2D eigenvalue weighted by Crippen LogP contribution is -2.19. The van der Waals surface area contributed by atoms with E-state index in [4.69, 9.17) is 40.2 Å². The van der Waals surface area contributed by atoms with Crippen molar-refractivity contribution in [2.75, 3.05) is 17.7 Å². The largest absolute Gasteiger partial charge is 0.497 e. The van der Waals surface area contributed by atoms with Crippen LogP contribution < -0.4 is 15.4 Å². The summed E-state index contributed by atoms with van der Waals surface area (Å²) in [5.41, 5.74) is 1.47. The monoisotopic (exact) mass is 326 g/mol. The average Bonchev–Trinajstić information content (AvgIpc) is 2.44. The predicted molar refractivity (Wildman–Crippen MR) is 89.3 cm³/mol. The molecule has 0 atom stereocenters. The summed E-state index contributed by atoms with van der Waals surface area (Å²) in [6, 6.07) is 12.8. The summed E-state index contributed by atoms with van der Waals surface area (Å²) >= 11 is 17.3. The minimum Gasteiger partial charge on any atom is -0.497 e. The molecule has 104 valence electrons. The van der Waals surface area contributed by atoms with Gasteiger partial charge in [-0.1, -0.05) is 35.3 Å². The van der Waals surface area contributed by atoms with Crippen molar-refractivity contribution < 1.29 is 4.74 Å². The molecule has 0 saturated heterocycles. The van der Waals surface area contributed by atoms with E-state index in [0.29, 0.717) is 20.8 Å². The number of nitrogens with one attached hydrogen (secondary N) is 2. The quantitative estimate of drug-likeness (QED) is 0.793. The first-order valence-electron chi connectivity index (χ1n) is 5.76. The van der Waals surface area contributed by atoms with Crippen LogP contribution in [0.15, 0.2) is 42.5 Å². The fraction of sp³-hybridized carbons (Fsp3) is 0.0714. The van der Waals surface area contributed by atoms with Crippen molar-refractivity contribution in [3.63, 3.8) is 0 Å². The van der Waals surface area contributed by atoms with Gasteiger partial charge in [0.1, 0.15) is 5.75 Å². The fourth-order valence-corrected chi connectivity index (χ4v) is 2.16. The molecule has 0 aromatic heterocycles. The summed E-state index contributed by atoms with van der Waals surface area (Å²) in [4.78, 5) is 0. The van der Waals surface area contributed by atoms with Gasteiger partial charge in [0.15, 0.2) is 5.11 Å². The maximum absolute atomic E-state index is 6.09. The zero-order chi connectivity index (χ0) is 14.5. The summed E-state index contributed by atoms with van der Waals surface area (Å²) in [6.07, 6.45) is 0. The molecule has 0 unspecified atom stereocenters. The van der Waals surface area contributed by atoms with Gasteiger partial charge in [-0.15, -0.1) is 0 Å². The maximum Gasteiger partial charge on any atom is 0.175 e. The standard InChI is InChI=1S/C14H12Cl2N2OS/c1-19-10-5-2-4-9(8-10)17-14(20)18-12-7-3-6-11(15)13(12)16/h2-8H,1H3,(H2,17,18,20). The van der Waals surface area contributed by atoms with Crippen molar-refractivity contribution >= 4 is 51.9 Å². The number of ether oxygens (including phenoxy) is 1. The molecular formula is C14H12Cl2N2OS. The molecule has 0 bridgehead atoms. The topological polar surface area (TPSA) is 33.3 Å². The second-order valence-corrected chi connectivity index (χ2v) is 5.11. The molecule has 0 fully saturated rings. The van der Waals surface area contributed by atoms with Gasteiger partial charge in [0.2, 0.25) is 0 Å². The van der Waals surface area contributed by atoms with Gasteiger partial charge in [0, 0.05) is 11.8 Å². The Labute approximate surface area is 132 Å². The third-order valence-electron chi connectivity index (χ3n) is 2.53. The number of hydrogen-bond donors (Lipinski definition) is 2. The van der Waals surface area contributed by atoms with Crippen LogP contribution in [0.5, 0.6) is 5.75 Å². The molecule has 0 aliphatic heterocycles. The van der Waals surface area contributed by atoms with Crippen LogP contribution >= 0.6 is 35.4 Å². The summed E-state index contributed by atoms with van der Waals surface area (Å²) in [6.45, 7) is 0. The molecule has 0 aliphatic rings. The van der Waals surface area contributed by atoms with Crippen molar-refractivity contribution in [3.8, 4) is 5.75 Å². The molecule has 2 aromatic carbocycles. The highest BCUT2D eigenvalue weighted by Gasteiger charge is 2.06. The average molecular weight is 327 g/mol. The van der Waals surface area contributed by atoms with Gasteiger partial charge in [-0.3, -0.25) is 0 Å². The van der Waals surface area contributed by atoms with E-state index in [1.165, 1.54) is 0 Å². The Morgan fingerprint density at radius 3 is 2.60 bits per heavy atom. The molecule has 2 aromatic rings. The van der Waals surface area contributed by atoms with Crippen molar-refractivity contribution in [2.45, 2.75) is 0 Å². The molecule has 0 amide bonds. The first-order valence-corrected chi connectivity index (χ1v) is 6.92. The normalized spacial score (nSPS) is 9.95. The molecule has 6 heteroatoms. The zero-order valence-corrected chi connectivity index (χ0v) is 12.9. The van der Waals surface area contributed by atoms with E-state index < -0.39 is 0 Å². The van der Waals surface area contributed by atoms with Crippen LogP contribution in [0.1, 0.15) is 0 Å². The van der Waals surface area contributed by atoms with Crippen molar-refractivity contribution in [1.82, 2.24) is 0 Å². The van der Waals surface area contributed by atoms with E-state index >= 15 is 0 Å². The Balaban J connectivity index is 2.07. The molecular weight excluding hydrogens is 315 g/mol. The Morgan fingerprint density at radius 2 is 1.85 bits per heavy atom. The van der Waals surface area contributed by atoms with E-state index in [-0.39, 0.29) is 0 Å². The first kappa shape index (κ1) is 14.9. The number of rotatable bonds is 3. The van der Waals surface area contributed by atoms with Gasteiger partial charge >= 0.3 is 0 Å². The molecule has 20 heavy (non-hydrogen) atoms. The molecule has 0 aliphatic carbocycles. The Morgan fingerprint density at radius 1 is 1.10 bits per heavy atom. The highest BCUT2D eigenvalue weighted by Crippen LogP contribution is 2.29. The lowest BCUT2D eigenvalue weighted by Gasteiger charge is -2.12. The van der Waals surface area contributed by atoms with Gasteiger partial charge in [-0.25, -0.2) is 0 Å². The minimum absolute atomic E-state index is 0.419. The van der Waals surface area contributed by atoms with Crippen molar-refractivity contribution in [3.05, 3.63) is 52.5 Å². The molecule has 0 saturated carbocycles. The second kappa shape index (κ2) is 6.79. The molecule has 3 nitrogen and oxygen atoms in total. The fourth-order valence-electron chi connectivity index (χ4n) is 1.59. The van der Waals surface area contributed by atoms with Gasteiger partial charge < -0.3 is 15.4 Å². The van der Waals surface area contributed by atoms with Crippen LogP contribution in [0.25, 0.3) is 0 Å². The van der Waals surface area contributed by atoms with Crippen LogP contribution in [0.4, 0.5) is 11.4 Å². The Hall–Kier alpha value is -1.49. The van der Waals surface area contributed by atoms with Gasteiger partial charge in [0.05, 0.1) is 22.8 Å². The predicted octanol–water partition coefficient (Wildman–Crippen LogP) is 4.81. The third-order valence-corrected chi connectivity index (χ3v) is 3.55. The smallest absolute Gasteiger partial charge is 0.175 e. The van der Waals surface area contributed by atoms with Crippen LogP contribution in [0.2, 0.25) is 10.0 Å². The number of anilines is 2. The molecule has 0 radical (unpaired) electrons. The minimum atomic E-state index is 0.419. The molecule has 2 rings (SSSR count). The lowest BCUT2D eigenvalue weighted by atomic mass is 10.3. The molecule has 2 N–H and O–H groups in total. The maximum atomic E-state index is 6.09. The van der Waals surface area contributed by atoms with E-state index in [0.717, 1.165) is 11.4 Å². The SMILES string of the molecule is COc1cccc(NC(=S)Nc2cccc(Cl)c2Cl)c1. The number of thiocarbonyl (C=S) groups is 1. The van der Waals surface area contributed by atoms with Crippen molar-refractivity contribution in [2.24, 2.45) is 0 Å². The summed E-state index contributed by atoms with van der Waals surface area (Å²) in [5.74, 6) is 0.749. The molecule has 0 spiro atoms. The van der Waals surface area contributed by atoms with Crippen LogP contribution in [0.3, 0.4) is 0 Å². The van der Waals surface area contributed by atoms with Crippen LogP contribution in [-0.4, -0.2) is 12.2 Å². The first-order chi connectivity index (χ1) is 9.60. The summed E-state index contributed by atoms with van der Waals surface area (Å²) < 4.78 is 5.15. The van der Waals surface area contributed by atoms with E-state index in [1.54, 1.807) is 25.3 Å². The summed E-state index contributed by atoms with van der Waals surface area (Å²) in [7, 11) is 1.61. The van der Waals surface area contributed by atoms with Gasteiger partial charge in [0.25, 0.3) is 0 Å². The van der Waals surface area contributed by atoms with Crippen LogP contribution in [0, 0.1) is 0 Å². The van der Waals surface area contributed by atoms with Crippen molar-refractivity contribution in [1.29, 1.82) is 0 Å². The van der Waals surface area contributed by atoms with E-state index in [2.05, 4.69) is 10.6 Å². The molecule has 0 heterocycles. The Bertz CT molecular complexity index is 634. The highest BCUT2D eigenvalue weighted by atomic mass is 35.5. The lowest BCUT2D eigenvalue weighted by molar-refractivity contribution is 0.415. The number of hydrogen-bond acceptors (Lipinski definition) is 2. The van der Waals surface area contributed by atoms with E-state index in [1.807, 2.05) is 24.3 Å². The highest BCUT2D eigenvalue weighted by molar-refractivity contribution is 7.80. The van der Waals surface area contributed by atoms with Crippen LogP contribution in [-0.2, 0) is 0 Å². The van der Waals surface area contributed by atoms with Gasteiger partial charge in [-0.2, -0.15) is 0 Å². The number of methoxy groups -OCH3 is 1. The zero-order valence-electron chi connectivity index (χ0n) is 10.6. The second-order valence-electron chi connectivity index (χ2n) is 3.91. The van der Waals surface area contributed by atoms with Gasteiger partial charge in [-0.05, 0) is 36.5 Å². The number of benzene rings is 2. The number of halogens is 2. The summed E-state index contributed by atoms with van der Waals surface area (Å²) in [5, 5.41) is 7.38.